The Labute approximate surface area is 101 Å². The highest BCUT2D eigenvalue weighted by atomic mass is 16.3. The van der Waals surface area contributed by atoms with E-state index in [4.69, 9.17) is 0 Å². The molecule has 0 bridgehead atoms. The number of amides is 1. The highest BCUT2D eigenvalue weighted by Crippen LogP contribution is 2.36. The minimum absolute atomic E-state index is 0.0186. The Morgan fingerprint density at radius 2 is 2.24 bits per heavy atom. The largest absolute Gasteiger partial charge is 0.394 e. The van der Waals surface area contributed by atoms with Gasteiger partial charge in [-0.3, -0.25) is 4.79 Å². The molecule has 1 aromatic heterocycles. The molecule has 1 N–H and O–H groups in total. The summed E-state index contributed by atoms with van der Waals surface area (Å²) in [5, 5.41) is 9.27. The van der Waals surface area contributed by atoms with Crippen molar-refractivity contribution in [1.82, 2.24) is 9.47 Å². The van der Waals surface area contributed by atoms with Gasteiger partial charge in [-0.15, -0.1) is 0 Å². The van der Waals surface area contributed by atoms with Crippen LogP contribution in [0, 0.1) is 0 Å². The van der Waals surface area contributed by atoms with Crippen LogP contribution >= 0.6 is 0 Å². The van der Waals surface area contributed by atoms with Crippen molar-refractivity contribution in [2.24, 2.45) is 0 Å². The van der Waals surface area contributed by atoms with Crippen LogP contribution in [0.2, 0.25) is 0 Å². The number of nitrogens with zero attached hydrogens (tertiary/aromatic N) is 2. The molecule has 1 saturated carbocycles. The quantitative estimate of drug-likeness (QED) is 0.859. The van der Waals surface area contributed by atoms with Gasteiger partial charge >= 0.3 is 0 Å². The topological polar surface area (TPSA) is 45.5 Å². The first-order chi connectivity index (χ1) is 8.31. The molecule has 1 aromatic rings. The van der Waals surface area contributed by atoms with Gasteiger partial charge in [0.25, 0.3) is 5.91 Å². The molecule has 1 amide bonds. The first kappa shape index (κ1) is 10.8. The maximum atomic E-state index is 12.4. The molecule has 3 rings (SSSR count). The summed E-state index contributed by atoms with van der Waals surface area (Å²) in [5.74, 6) is 0.0819. The van der Waals surface area contributed by atoms with Gasteiger partial charge in [0.1, 0.15) is 5.69 Å². The Balaban J connectivity index is 1.83. The van der Waals surface area contributed by atoms with Gasteiger partial charge in [-0.05, 0) is 37.8 Å². The number of carbonyl (C=O) groups excluding carboxylic acids is 1. The van der Waals surface area contributed by atoms with Crippen molar-refractivity contribution in [2.45, 2.75) is 37.8 Å². The zero-order chi connectivity index (χ0) is 11.8. The van der Waals surface area contributed by atoms with Gasteiger partial charge in [0.05, 0.1) is 12.6 Å². The fourth-order valence-electron chi connectivity index (χ4n) is 2.69. The lowest BCUT2D eigenvalue weighted by atomic mass is 10.2. The third kappa shape index (κ3) is 1.86. The number of carbonyl (C=O) groups is 1. The zero-order valence-electron chi connectivity index (χ0n) is 9.88. The lowest BCUT2D eigenvalue weighted by Crippen LogP contribution is -2.38. The number of hydrogen-bond donors (Lipinski definition) is 1. The van der Waals surface area contributed by atoms with Crippen LogP contribution in [0.1, 0.15) is 42.2 Å². The lowest BCUT2D eigenvalue weighted by molar-refractivity contribution is 0.0666. The maximum Gasteiger partial charge on any atom is 0.270 e. The van der Waals surface area contributed by atoms with Crippen molar-refractivity contribution in [3.05, 3.63) is 24.0 Å². The van der Waals surface area contributed by atoms with Gasteiger partial charge in [-0.2, -0.15) is 0 Å². The van der Waals surface area contributed by atoms with E-state index in [0.29, 0.717) is 6.04 Å². The van der Waals surface area contributed by atoms with E-state index < -0.39 is 0 Å². The van der Waals surface area contributed by atoms with Crippen LogP contribution in [0.15, 0.2) is 18.3 Å². The van der Waals surface area contributed by atoms with Gasteiger partial charge in [0.2, 0.25) is 0 Å². The molecule has 2 fully saturated rings. The van der Waals surface area contributed by atoms with Gasteiger partial charge in [0.15, 0.2) is 0 Å². The van der Waals surface area contributed by atoms with E-state index >= 15 is 0 Å². The molecule has 2 heterocycles. The Hall–Kier alpha value is -1.29. The minimum Gasteiger partial charge on any atom is -0.394 e. The predicted octanol–water partition coefficient (Wildman–Crippen LogP) is 1.42. The third-order valence-electron chi connectivity index (χ3n) is 3.79. The van der Waals surface area contributed by atoms with Gasteiger partial charge in [0, 0.05) is 18.8 Å². The second kappa shape index (κ2) is 4.18. The Morgan fingerprint density at radius 1 is 1.41 bits per heavy atom. The van der Waals surface area contributed by atoms with Crippen LogP contribution in [0.3, 0.4) is 0 Å². The van der Waals surface area contributed by atoms with Crippen LogP contribution in [0.25, 0.3) is 0 Å². The summed E-state index contributed by atoms with van der Waals surface area (Å²) in [6.07, 6.45) is 6.28. The number of hydrogen-bond acceptors (Lipinski definition) is 2. The molecule has 0 radical (unpaired) electrons. The number of aromatic nitrogens is 1. The predicted molar refractivity (Wildman–Crippen MR) is 63.8 cm³/mol. The standard InChI is InChI=1S/C13H18N2O2/c16-9-11-3-1-8-15(11)13(17)12-4-2-7-14(12)10-5-6-10/h2,4,7,10-11,16H,1,3,5-6,8-9H2/t11-/m1/s1. The maximum absolute atomic E-state index is 12.4. The molecule has 0 unspecified atom stereocenters. The molecule has 4 nitrogen and oxygen atoms in total. The average molecular weight is 234 g/mol. The van der Waals surface area contributed by atoms with E-state index in [0.717, 1.165) is 25.1 Å². The van der Waals surface area contributed by atoms with Crippen LogP contribution in [-0.2, 0) is 0 Å². The fourth-order valence-corrected chi connectivity index (χ4v) is 2.69. The second-order valence-electron chi connectivity index (χ2n) is 5.01. The number of aliphatic hydroxyl groups excluding tert-OH is 1. The molecule has 0 aromatic carbocycles. The summed E-state index contributed by atoms with van der Waals surface area (Å²) in [7, 11) is 0. The molecular weight excluding hydrogens is 216 g/mol. The summed E-state index contributed by atoms with van der Waals surface area (Å²) < 4.78 is 2.09. The highest BCUT2D eigenvalue weighted by Gasteiger charge is 2.32. The Morgan fingerprint density at radius 3 is 2.94 bits per heavy atom. The van der Waals surface area contributed by atoms with E-state index in [1.54, 1.807) is 0 Å². The first-order valence-corrected chi connectivity index (χ1v) is 6.40. The van der Waals surface area contributed by atoms with Crippen molar-refractivity contribution in [2.75, 3.05) is 13.2 Å². The molecule has 1 saturated heterocycles. The van der Waals surface area contributed by atoms with Crippen molar-refractivity contribution in [3.8, 4) is 0 Å². The van der Waals surface area contributed by atoms with Crippen LogP contribution in [0.5, 0.6) is 0 Å². The van der Waals surface area contributed by atoms with Crippen LogP contribution < -0.4 is 0 Å². The third-order valence-corrected chi connectivity index (χ3v) is 3.79. The molecule has 2 aliphatic rings. The van der Waals surface area contributed by atoms with Gasteiger partial charge in [-0.25, -0.2) is 0 Å². The summed E-state index contributed by atoms with van der Waals surface area (Å²) >= 11 is 0. The highest BCUT2D eigenvalue weighted by molar-refractivity contribution is 5.93. The molecule has 4 heteroatoms. The van der Waals surface area contributed by atoms with E-state index in [1.165, 1.54) is 12.8 Å². The van der Waals surface area contributed by atoms with Crippen LogP contribution in [0.4, 0.5) is 0 Å². The monoisotopic (exact) mass is 234 g/mol. The summed E-state index contributed by atoms with van der Waals surface area (Å²) in [6.45, 7) is 0.857. The Bertz CT molecular complexity index is 423. The van der Waals surface area contributed by atoms with E-state index in [2.05, 4.69) is 4.57 Å². The van der Waals surface area contributed by atoms with E-state index in [1.807, 2.05) is 23.2 Å². The molecule has 92 valence electrons. The molecule has 1 atom stereocenters. The molecule has 0 spiro atoms. The first-order valence-electron chi connectivity index (χ1n) is 6.40. The lowest BCUT2D eigenvalue weighted by Gasteiger charge is -2.23. The number of aliphatic hydroxyl groups is 1. The Kier molecular flexibility index (Phi) is 2.67. The van der Waals surface area contributed by atoms with Gasteiger partial charge in [-0.1, -0.05) is 0 Å². The number of likely N-dealkylation sites (tertiary alicyclic amines) is 1. The second-order valence-corrected chi connectivity index (χ2v) is 5.01. The summed E-state index contributed by atoms with van der Waals surface area (Å²) in [5.41, 5.74) is 0.785. The van der Waals surface area contributed by atoms with Crippen molar-refractivity contribution in [1.29, 1.82) is 0 Å². The smallest absolute Gasteiger partial charge is 0.270 e. The SMILES string of the molecule is O=C(c1cccn1C1CC1)N1CCC[C@@H]1CO. The molecule has 1 aliphatic carbocycles. The average Bonchev–Trinajstić information content (AvgIpc) is 2.92. The number of rotatable bonds is 3. The van der Waals surface area contributed by atoms with Crippen LogP contribution in [-0.4, -0.2) is 39.7 Å². The summed E-state index contributed by atoms with van der Waals surface area (Å²) in [4.78, 5) is 14.3. The molecule has 17 heavy (non-hydrogen) atoms. The molecule has 1 aliphatic heterocycles. The summed E-state index contributed by atoms with van der Waals surface area (Å²) in [6, 6.07) is 4.38. The zero-order valence-corrected chi connectivity index (χ0v) is 9.88. The van der Waals surface area contributed by atoms with Crippen molar-refractivity contribution >= 4 is 5.91 Å². The van der Waals surface area contributed by atoms with E-state index in [-0.39, 0.29) is 18.6 Å². The van der Waals surface area contributed by atoms with Gasteiger partial charge < -0.3 is 14.6 Å². The molecular formula is C13H18N2O2. The van der Waals surface area contributed by atoms with Crippen molar-refractivity contribution < 1.29 is 9.90 Å². The van der Waals surface area contributed by atoms with E-state index in [9.17, 15) is 9.90 Å². The fraction of sp³-hybridized carbons (Fsp3) is 0.615. The minimum atomic E-state index is 0.0186. The normalized spacial score (nSPS) is 24.3. The van der Waals surface area contributed by atoms with Crippen molar-refractivity contribution in [3.63, 3.8) is 0 Å².